The Morgan fingerprint density at radius 3 is 3.24 bits per heavy atom. The second-order valence-corrected chi connectivity index (χ2v) is 7.54. The number of morpholine rings is 1. The highest BCUT2D eigenvalue weighted by Gasteiger charge is 2.35. The fraction of sp³-hybridized carbons (Fsp3) is 0.812. The fourth-order valence-electron chi connectivity index (χ4n) is 3.98. The van der Waals surface area contributed by atoms with E-state index in [4.69, 9.17) is 9.72 Å². The predicted molar refractivity (Wildman–Crippen MR) is 84.8 cm³/mol. The molecule has 116 valence electrons. The van der Waals surface area contributed by atoms with Crippen molar-refractivity contribution < 1.29 is 4.74 Å². The first-order chi connectivity index (χ1) is 10.3. The standard InChI is InChI=1S/C16H25N3OS/c1-2-17-12-6-3-7-13-15(12)21-16(18-13)14-9-19-8-4-5-11(19)10-20-14/h11-12,14,17H,2-10H2,1H3. The lowest BCUT2D eigenvalue weighted by Crippen LogP contribution is -2.42. The molecule has 4 rings (SSSR count). The number of hydrogen-bond donors (Lipinski definition) is 1. The fourth-order valence-corrected chi connectivity index (χ4v) is 5.25. The van der Waals surface area contributed by atoms with Crippen LogP contribution in [0.4, 0.5) is 0 Å². The molecule has 3 atom stereocenters. The number of aryl methyl sites for hydroxylation is 1. The Labute approximate surface area is 130 Å². The third kappa shape index (κ3) is 2.65. The van der Waals surface area contributed by atoms with Crippen LogP contribution in [0.3, 0.4) is 0 Å². The molecule has 2 saturated heterocycles. The minimum absolute atomic E-state index is 0.206. The van der Waals surface area contributed by atoms with Crippen LogP contribution in [0.2, 0.25) is 0 Å². The Bertz CT molecular complexity index is 504. The zero-order valence-corrected chi connectivity index (χ0v) is 13.6. The second kappa shape index (κ2) is 5.95. The van der Waals surface area contributed by atoms with Gasteiger partial charge in [-0.3, -0.25) is 4.90 Å². The number of aromatic nitrogens is 1. The highest BCUT2D eigenvalue weighted by Crippen LogP contribution is 2.38. The third-order valence-electron chi connectivity index (χ3n) is 5.08. The van der Waals surface area contributed by atoms with Crippen molar-refractivity contribution in [1.82, 2.24) is 15.2 Å². The zero-order chi connectivity index (χ0) is 14.2. The molecule has 3 aliphatic rings. The third-order valence-corrected chi connectivity index (χ3v) is 6.39. The lowest BCUT2D eigenvalue weighted by molar-refractivity contribution is -0.0502. The van der Waals surface area contributed by atoms with Gasteiger partial charge in [0, 0.05) is 23.5 Å². The Hall–Kier alpha value is -0.490. The Morgan fingerprint density at radius 2 is 2.33 bits per heavy atom. The van der Waals surface area contributed by atoms with E-state index in [0.29, 0.717) is 12.1 Å². The van der Waals surface area contributed by atoms with Crippen molar-refractivity contribution in [2.75, 3.05) is 26.2 Å². The first kappa shape index (κ1) is 14.1. The van der Waals surface area contributed by atoms with E-state index in [-0.39, 0.29) is 6.10 Å². The van der Waals surface area contributed by atoms with Crippen LogP contribution in [-0.2, 0) is 11.2 Å². The average molecular weight is 307 g/mol. The van der Waals surface area contributed by atoms with Gasteiger partial charge in [0.1, 0.15) is 11.1 Å². The summed E-state index contributed by atoms with van der Waals surface area (Å²) in [5.41, 5.74) is 1.33. The van der Waals surface area contributed by atoms with Crippen LogP contribution in [0.15, 0.2) is 0 Å². The van der Waals surface area contributed by atoms with E-state index >= 15 is 0 Å². The predicted octanol–water partition coefficient (Wildman–Crippen LogP) is 2.67. The smallest absolute Gasteiger partial charge is 0.123 e. The molecule has 0 radical (unpaired) electrons. The van der Waals surface area contributed by atoms with E-state index in [2.05, 4.69) is 17.1 Å². The van der Waals surface area contributed by atoms with Crippen molar-refractivity contribution in [2.24, 2.45) is 0 Å². The van der Waals surface area contributed by atoms with Gasteiger partial charge in [0.2, 0.25) is 0 Å². The molecule has 0 spiro atoms. The molecule has 3 heterocycles. The molecular weight excluding hydrogens is 282 g/mol. The zero-order valence-electron chi connectivity index (χ0n) is 12.8. The van der Waals surface area contributed by atoms with Crippen molar-refractivity contribution >= 4 is 11.3 Å². The molecule has 0 aromatic carbocycles. The van der Waals surface area contributed by atoms with Crippen molar-refractivity contribution in [2.45, 2.75) is 57.2 Å². The van der Waals surface area contributed by atoms with E-state index in [1.807, 2.05) is 11.3 Å². The largest absolute Gasteiger partial charge is 0.368 e. The number of nitrogens with one attached hydrogen (secondary N) is 1. The molecule has 21 heavy (non-hydrogen) atoms. The van der Waals surface area contributed by atoms with E-state index in [9.17, 15) is 0 Å². The first-order valence-electron chi connectivity index (χ1n) is 8.43. The lowest BCUT2D eigenvalue weighted by Gasteiger charge is -2.34. The summed E-state index contributed by atoms with van der Waals surface area (Å²) in [5.74, 6) is 0. The molecule has 1 N–H and O–H groups in total. The van der Waals surface area contributed by atoms with Gasteiger partial charge in [0.05, 0.1) is 12.3 Å². The minimum atomic E-state index is 0.206. The number of thiazole rings is 1. The summed E-state index contributed by atoms with van der Waals surface area (Å²) in [4.78, 5) is 9.03. The van der Waals surface area contributed by atoms with Gasteiger partial charge in [-0.25, -0.2) is 4.98 Å². The summed E-state index contributed by atoms with van der Waals surface area (Å²) in [5, 5.41) is 4.83. The molecule has 1 aromatic rings. The number of ether oxygens (including phenoxy) is 1. The SMILES string of the molecule is CCNC1CCCc2nc(C3CN4CCCC4CO3)sc21. The first-order valence-corrected chi connectivity index (χ1v) is 9.25. The molecule has 5 heteroatoms. The van der Waals surface area contributed by atoms with Gasteiger partial charge in [-0.1, -0.05) is 6.92 Å². The molecule has 1 aliphatic carbocycles. The molecule has 0 saturated carbocycles. The molecule has 4 nitrogen and oxygen atoms in total. The monoisotopic (exact) mass is 307 g/mol. The van der Waals surface area contributed by atoms with E-state index < -0.39 is 0 Å². The summed E-state index contributed by atoms with van der Waals surface area (Å²) in [7, 11) is 0. The minimum Gasteiger partial charge on any atom is -0.368 e. The lowest BCUT2D eigenvalue weighted by atomic mass is 9.98. The van der Waals surface area contributed by atoms with Crippen LogP contribution in [0.25, 0.3) is 0 Å². The average Bonchev–Trinajstić information content (AvgIpc) is 3.13. The maximum atomic E-state index is 6.14. The number of hydrogen-bond acceptors (Lipinski definition) is 5. The van der Waals surface area contributed by atoms with Crippen molar-refractivity contribution in [3.63, 3.8) is 0 Å². The van der Waals surface area contributed by atoms with E-state index in [0.717, 1.165) is 26.1 Å². The highest BCUT2D eigenvalue weighted by atomic mass is 32.1. The molecule has 1 aromatic heterocycles. The summed E-state index contributed by atoms with van der Waals surface area (Å²) >= 11 is 1.90. The summed E-state index contributed by atoms with van der Waals surface area (Å²) < 4.78 is 6.14. The molecule has 0 bridgehead atoms. The van der Waals surface area contributed by atoms with Crippen LogP contribution in [0.1, 0.15) is 60.3 Å². The highest BCUT2D eigenvalue weighted by molar-refractivity contribution is 7.11. The Balaban J connectivity index is 1.53. The molecular formula is C16H25N3OS. The normalized spacial score (nSPS) is 32.9. The van der Waals surface area contributed by atoms with Gasteiger partial charge >= 0.3 is 0 Å². The van der Waals surface area contributed by atoms with Crippen molar-refractivity contribution in [3.8, 4) is 0 Å². The van der Waals surface area contributed by atoms with Gasteiger partial charge in [0.15, 0.2) is 0 Å². The molecule has 2 aliphatic heterocycles. The maximum Gasteiger partial charge on any atom is 0.123 e. The Morgan fingerprint density at radius 1 is 1.38 bits per heavy atom. The van der Waals surface area contributed by atoms with Crippen molar-refractivity contribution in [3.05, 3.63) is 15.6 Å². The van der Waals surface area contributed by atoms with Gasteiger partial charge in [-0.15, -0.1) is 11.3 Å². The quantitative estimate of drug-likeness (QED) is 0.931. The number of nitrogens with zero attached hydrogens (tertiary/aromatic N) is 2. The molecule has 2 fully saturated rings. The summed E-state index contributed by atoms with van der Waals surface area (Å²) in [6.45, 7) is 6.41. The van der Waals surface area contributed by atoms with Crippen LogP contribution in [0.5, 0.6) is 0 Å². The summed E-state index contributed by atoms with van der Waals surface area (Å²) in [6, 6.07) is 1.19. The second-order valence-electron chi connectivity index (χ2n) is 6.48. The summed E-state index contributed by atoms with van der Waals surface area (Å²) in [6.07, 6.45) is 6.50. The number of rotatable bonds is 3. The number of fused-ring (bicyclic) bond motifs is 2. The van der Waals surface area contributed by atoms with Gasteiger partial charge in [-0.05, 0) is 45.2 Å². The van der Waals surface area contributed by atoms with Crippen LogP contribution in [0, 0.1) is 0 Å². The van der Waals surface area contributed by atoms with Gasteiger partial charge < -0.3 is 10.1 Å². The van der Waals surface area contributed by atoms with Crippen molar-refractivity contribution in [1.29, 1.82) is 0 Å². The topological polar surface area (TPSA) is 37.4 Å². The van der Waals surface area contributed by atoms with E-state index in [1.54, 1.807) is 0 Å². The molecule has 3 unspecified atom stereocenters. The van der Waals surface area contributed by atoms with Crippen LogP contribution < -0.4 is 5.32 Å². The maximum absolute atomic E-state index is 6.14. The van der Waals surface area contributed by atoms with Crippen LogP contribution >= 0.6 is 11.3 Å². The Kier molecular flexibility index (Phi) is 4.00. The van der Waals surface area contributed by atoms with E-state index in [1.165, 1.54) is 47.8 Å². The molecule has 0 amide bonds. The van der Waals surface area contributed by atoms with Gasteiger partial charge in [-0.2, -0.15) is 0 Å². The van der Waals surface area contributed by atoms with Gasteiger partial charge in [0.25, 0.3) is 0 Å². The van der Waals surface area contributed by atoms with Crippen LogP contribution in [-0.4, -0.2) is 42.2 Å².